The highest BCUT2D eigenvalue weighted by Crippen LogP contribution is 2.24. The summed E-state index contributed by atoms with van der Waals surface area (Å²) in [6, 6.07) is 20.8. The second-order valence-electron chi connectivity index (χ2n) is 7.19. The van der Waals surface area contributed by atoms with Gasteiger partial charge in [0.05, 0.1) is 7.11 Å². The Labute approximate surface area is 187 Å². The zero-order valence-electron chi connectivity index (χ0n) is 17.6. The monoisotopic (exact) mass is 456 g/mol. The zero-order valence-corrected chi connectivity index (χ0v) is 18.4. The molecule has 0 radical (unpaired) electrons. The molecule has 3 aromatic rings. The Balaban J connectivity index is 1.79. The fourth-order valence-electron chi connectivity index (χ4n) is 3.25. The molecule has 1 unspecified atom stereocenters. The third-order valence-corrected chi connectivity index (χ3v) is 6.36. The number of rotatable bonds is 10. The summed E-state index contributed by atoms with van der Waals surface area (Å²) in [4.78, 5) is 12.6. The quantitative estimate of drug-likeness (QED) is 0.491. The van der Waals surface area contributed by atoms with Gasteiger partial charge in [-0.15, -0.1) is 0 Å². The molecule has 0 aliphatic rings. The van der Waals surface area contributed by atoms with Gasteiger partial charge < -0.3 is 10.1 Å². The Bertz CT molecular complexity index is 1140. The Hall–Kier alpha value is -3.23. The first-order chi connectivity index (χ1) is 15.4. The molecule has 3 rings (SSSR count). The minimum absolute atomic E-state index is 0.0122. The molecule has 0 heterocycles. The smallest absolute Gasteiger partial charge is 0.245 e. The van der Waals surface area contributed by atoms with Crippen molar-refractivity contribution in [3.05, 3.63) is 95.8 Å². The van der Waals surface area contributed by atoms with E-state index in [1.54, 1.807) is 12.1 Å². The van der Waals surface area contributed by atoms with Crippen LogP contribution in [-0.2, 0) is 27.7 Å². The van der Waals surface area contributed by atoms with Crippen LogP contribution in [0.25, 0.3) is 0 Å². The van der Waals surface area contributed by atoms with Crippen molar-refractivity contribution >= 4 is 15.9 Å². The summed E-state index contributed by atoms with van der Waals surface area (Å²) < 4.78 is 47.3. The van der Waals surface area contributed by atoms with Crippen LogP contribution in [0.1, 0.15) is 11.1 Å². The lowest BCUT2D eigenvalue weighted by Gasteiger charge is -2.20. The van der Waals surface area contributed by atoms with E-state index in [4.69, 9.17) is 4.74 Å². The predicted molar refractivity (Wildman–Crippen MR) is 120 cm³/mol. The van der Waals surface area contributed by atoms with Gasteiger partial charge in [-0.1, -0.05) is 60.7 Å². The summed E-state index contributed by atoms with van der Waals surface area (Å²) >= 11 is 0. The summed E-state index contributed by atoms with van der Waals surface area (Å²) in [5.74, 6) is -1.20. The van der Waals surface area contributed by atoms with Crippen molar-refractivity contribution in [1.82, 2.24) is 10.0 Å². The van der Waals surface area contributed by atoms with E-state index < -0.39 is 27.8 Å². The Morgan fingerprint density at radius 2 is 1.59 bits per heavy atom. The maximum absolute atomic E-state index is 13.8. The maximum atomic E-state index is 13.8. The molecule has 0 aliphatic heterocycles. The van der Waals surface area contributed by atoms with Gasteiger partial charge in [0.2, 0.25) is 15.9 Å². The first-order valence-corrected chi connectivity index (χ1v) is 11.6. The molecule has 0 bridgehead atoms. The fourth-order valence-corrected chi connectivity index (χ4v) is 4.62. The van der Waals surface area contributed by atoms with Gasteiger partial charge in [0.1, 0.15) is 22.5 Å². The number of methoxy groups -OCH3 is 1. The van der Waals surface area contributed by atoms with Gasteiger partial charge in [0, 0.05) is 6.54 Å². The summed E-state index contributed by atoms with van der Waals surface area (Å²) in [6.45, 7) is 0.346. The van der Waals surface area contributed by atoms with Gasteiger partial charge in [-0.3, -0.25) is 4.79 Å². The summed E-state index contributed by atoms with van der Waals surface area (Å²) in [5.41, 5.74) is 1.84. The summed E-state index contributed by atoms with van der Waals surface area (Å²) in [5, 5.41) is 2.79. The average molecular weight is 457 g/mol. The first kappa shape index (κ1) is 23.4. The molecular weight excluding hydrogens is 431 g/mol. The minimum atomic E-state index is -4.24. The van der Waals surface area contributed by atoms with Crippen molar-refractivity contribution in [3.8, 4) is 5.75 Å². The van der Waals surface area contributed by atoms with Crippen LogP contribution in [0.15, 0.2) is 83.8 Å². The van der Waals surface area contributed by atoms with Gasteiger partial charge in [-0.05, 0) is 42.2 Å². The van der Waals surface area contributed by atoms with Crippen LogP contribution in [0.3, 0.4) is 0 Å². The lowest BCUT2D eigenvalue weighted by atomic mass is 10.1. The SMILES string of the molecule is COc1ccc(F)cc1S(=O)(=O)NC(Cc1ccccc1)C(=O)NCCc1ccccc1. The van der Waals surface area contributed by atoms with E-state index in [2.05, 4.69) is 10.0 Å². The normalized spacial score (nSPS) is 12.2. The molecule has 1 atom stereocenters. The van der Waals surface area contributed by atoms with Gasteiger partial charge in [-0.25, -0.2) is 12.8 Å². The zero-order chi connectivity index (χ0) is 23.0. The second-order valence-corrected chi connectivity index (χ2v) is 8.87. The Morgan fingerprint density at radius 1 is 0.969 bits per heavy atom. The first-order valence-electron chi connectivity index (χ1n) is 10.1. The molecule has 3 aromatic carbocycles. The van der Waals surface area contributed by atoms with E-state index in [0.29, 0.717) is 13.0 Å². The number of benzene rings is 3. The van der Waals surface area contributed by atoms with Gasteiger partial charge in [0.15, 0.2) is 0 Å². The van der Waals surface area contributed by atoms with Gasteiger partial charge in [0.25, 0.3) is 0 Å². The van der Waals surface area contributed by atoms with Crippen molar-refractivity contribution in [1.29, 1.82) is 0 Å². The molecule has 32 heavy (non-hydrogen) atoms. The van der Waals surface area contributed by atoms with Crippen LogP contribution in [0.4, 0.5) is 4.39 Å². The van der Waals surface area contributed by atoms with E-state index in [1.807, 2.05) is 48.5 Å². The van der Waals surface area contributed by atoms with E-state index in [0.717, 1.165) is 23.3 Å². The number of halogens is 1. The highest BCUT2D eigenvalue weighted by Gasteiger charge is 2.28. The van der Waals surface area contributed by atoms with Crippen molar-refractivity contribution in [2.45, 2.75) is 23.8 Å². The number of amides is 1. The van der Waals surface area contributed by atoms with Crippen LogP contribution < -0.4 is 14.8 Å². The maximum Gasteiger partial charge on any atom is 0.245 e. The molecule has 168 valence electrons. The second kappa shape index (κ2) is 10.9. The molecule has 0 aromatic heterocycles. The molecule has 0 spiro atoms. The van der Waals surface area contributed by atoms with Crippen LogP contribution in [-0.4, -0.2) is 34.0 Å². The van der Waals surface area contributed by atoms with E-state index in [-0.39, 0.29) is 17.1 Å². The number of hydrogen-bond acceptors (Lipinski definition) is 4. The van der Waals surface area contributed by atoms with Crippen molar-refractivity contribution in [2.24, 2.45) is 0 Å². The third kappa shape index (κ3) is 6.38. The topological polar surface area (TPSA) is 84.5 Å². The lowest BCUT2D eigenvalue weighted by molar-refractivity contribution is -0.122. The molecule has 6 nitrogen and oxygen atoms in total. The largest absolute Gasteiger partial charge is 0.495 e. The molecule has 0 aliphatic carbocycles. The molecule has 0 fully saturated rings. The fraction of sp³-hybridized carbons (Fsp3) is 0.208. The molecule has 0 saturated carbocycles. The number of hydrogen-bond donors (Lipinski definition) is 2. The number of ether oxygens (including phenoxy) is 1. The van der Waals surface area contributed by atoms with Crippen LogP contribution in [0, 0.1) is 5.82 Å². The van der Waals surface area contributed by atoms with Crippen LogP contribution in [0.5, 0.6) is 5.75 Å². The third-order valence-electron chi connectivity index (χ3n) is 4.87. The van der Waals surface area contributed by atoms with Gasteiger partial charge >= 0.3 is 0 Å². The number of nitrogens with one attached hydrogen (secondary N) is 2. The number of sulfonamides is 1. The minimum Gasteiger partial charge on any atom is -0.495 e. The summed E-state index contributed by atoms with van der Waals surface area (Å²) in [7, 11) is -2.95. The molecule has 8 heteroatoms. The average Bonchev–Trinajstić information content (AvgIpc) is 2.80. The van der Waals surface area contributed by atoms with Crippen LogP contribution in [0.2, 0.25) is 0 Å². The van der Waals surface area contributed by atoms with E-state index in [1.165, 1.54) is 13.2 Å². The van der Waals surface area contributed by atoms with Gasteiger partial charge in [-0.2, -0.15) is 4.72 Å². The van der Waals surface area contributed by atoms with Crippen molar-refractivity contribution in [3.63, 3.8) is 0 Å². The Kier molecular flexibility index (Phi) is 7.97. The molecule has 2 N–H and O–H groups in total. The van der Waals surface area contributed by atoms with Crippen molar-refractivity contribution in [2.75, 3.05) is 13.7 Å². The Morgan fingerprint density at radius 3 is 2.22 bits per heavy atom. The van der Waals surface area contributed by atoms with E-state index >= 15 is 0 Å². The highest BCUT2D eigenvalue weighted by atomic mass is 32.2. The van der Waals surface area contributed by atoms with E-state index in [9.17, 15) is 17.6 Å². The standard InChI is InChI=1S/C24H25FN2O4S/c1-31-22-13-12-20(25)17-23(22)32(29,30)27-21(16-19-10-6-3-7-11-19)24(28)26-15-14-18-8-4-2-5-9-18/h2-13,17,21,27H,14-16H2,1H3,(H,26,28). The van der Waals surface area contributed by atoms with Crippen molar-refractivity contribution < 1.29 is 22.3 Å². The highest BCUT2D eigenvalue weighted by molar-refractivity contribution is 7.89. The number of carbonyl (C=O) groups is 1. The van der Waals surface area contributed by atoms with Crippen LogP contribution >= 0.6 is 0 Å². The molecule has 0 saturated heterocycles. The number of carbonyl (C=O) groups excluding carboxylic acids is 1. The molecular formula is C24H25FN2O4S. The molecule has 1 amide bonds. The lowest BCUT2D eigenvalue weighted by Crippen LogP contribution is -2.48. The predicted octanol–water partition coefficient (Wildman–Crippen LogP) is 3.08. The summed E-state index contributed by atoms with van der Waals surface area (Å²) in [6.07, 6.45) is 0.740.